The molecule has 0 saturated carbocycles. The molecule has 1 rings (SSSR count). The van der Waals surface area contributed by atoms with Crippen LogP contribution in [0.15, 0.2) is 9.98 Å². The van der Waals surface area contributed by atoms with Crippen LogP contribution in [0.25, 0.3) is 0 Å². The first-order valence-corrected chi connectivity index (χ1v) is 3.54. The first-order valence-electron chi connectivity index (χ1n) is 1.91. The second-order valence-electron chi connectivity index (χ2n) is 1.16. The van der Waals surface area contributed by atoms with Gasteiger partial charge in [0.25, 0.3) is 0 Å². The van der Waals surface area contributed by atoms with Crippen molar-refractivity contribution in [1.82, 2.24) is 4.37 Å². The first kappa shape index (κ1) is 5.80. The Kier molecular flexibility index (Phi) is 1.66. The third kappa shape index (κ3) is 0.908. The zero-order valence-corrected chi connectivity index (χ0v) is 6.29. The van der Waals surface area contributed by atoms with Gasteiger partial charge in [-0.2, -0.15) is 4.37 Å². The highest BCUT2D eigenvalue weighted by molar-refractivity contribution is 9.10. The van der Waals surface area contributed by atoms with Crippen molar-refractivity contribution in [2.45, 2.75) is 0 Å². The van der Waals surface area contributed by atoms with Gasteiger partial charge in [-0.3, -0.25) is 0 Å². The molecular weight excluding hydrogens is 186 g/mol. The number of aromatic nitrogens is 1. The second kappa shape index (κ2) is 2.29. The maximum absolute atomic E-state index is 5.08. The van der Waals surface area contributed by atoms with Crippen LogP contribution in [0.2, 0.25) is 0 Å². The lowest BCUT2D eigenvalue weighted by molar-refractivity contribution is 1.47. The van der Waals surface area contributed by atoms with Gasteiger partial charge >= 0.3 is 0 Å². The van der Waals surface area contributed by atoms with E-state index in [1.165, 1.54) is 11.5 Å². The van der Waals surface area contributed by atoms with Crippen LogP contribution in [0.4, 0.5) is 0 Å². The van der Waals surface area contributed by atoms with Crippen LogP contribution in [0.1, 0.15) is 5.56 Å². The smallest absolute Gasteiger partial charge is 0.135 e. The van der Waals surface area contributed by atoms with Gasteiger partial charge in [0.15, 0.2) is 0 Å². The van der Waals surface area contributed by atoms with E-state index in [1.54, 1.807) is 0 Å². The van der Waals surface area contributed by atoms with Gasteiger partial charge in [-0.05, 0) is 27.5 Å². The largest absolute Gasteiger partial charge is 0.184 e. The van der Waals surface area contributed by atoms with Gasteiger partial charge in [0.1, 0.15) is 4.60 Å². The second-order valence-corrected chi connectivity index (χ2v) is 2.54. The molecule has 1 aromatic heterocycles. The summed E-state index contributed by atoms with van der Waals surface area (Å²) in [7, 11) is 0. The van der Waals surface area contributed by atoms with E-state index in [0.29, 0.717) is 0 Å². The molecule has 0 aromatic carbocycles. The van der Waals surface area contributed by atoms with Crippen molar-refractivity contribution in [3.05, 3.63) is 15.5 Å². The predicted molar refractivity (Wildman–Crippen MR) is 37.7 cm³/mol. The molecule has 1 heterocycles. The Morgan fingerprint density at radius 2 is 2.62 bits per heavy atom. The quantitative estimate of drug-likeness (QED) is 0.566. The van der Waals surface area contributed by atoms with E-state index in [-0.39, 0.29) is 0 Å². The Balaban J connectivity index is 3.15. The third-order valence-corrected chi connectivity index (χ3v) is 2.15. The lowest BCUT2D eigenvalue weighted by Gasteiger charge is -1.75. The first-order chi connectivity index (χ1) is 3.84. The molecule has 0 aliphatic heterocycles. The number of halogens is 1. The number of terminal acetylenes is 1. The van der Waals surface area contributed by atoms with E-state index >= 15 is 0 Å². The standard InChI is InChI=1S/C5H2BrNS/c1-2-4-3-8-7-5(4)6/h1,3H. The average molecular weight is 188 g/mol. The number of rotatable bonds is 0. The molecule has 0 atom stereocenters. The average Bonchev–Trinajstić information content (AvgIpc) is 2.14. The maximum Gasteiger partial charge on any atom is 0.135 e. The van der Waals surface area contributed by atoms with Crippen LogP contribution in [0, 0.1) is 12.3 Å². The minimum atomic E-state index is 0.769. The van der Waals surface area contributed by atoms with Crippen molar-refractivity contribution in [1.29, 1.82) is 0 Å². The Morgan fingerprint density at radius 3 is 2.88 bits per heavy atom. The molecule has 3 heteroatoms. The van der Waals surface area contributed by atoms with Crippen molar-refractivity contribution < 1.29 is 0 Å². The highest BCUT2D eigenvalue weighted by atomic mass is 79.9. The Morgan fingerprint density at radius 1 is 1.88 bits per heavy atom. The number of nitrogens with zero attached hydrogens (tertiary/aromatic N) is 1. The summed E-state index contributed by atoms with van der Waals surface area (Å²) in [5.74, 6) is 2.48. The molecule has 0 saturated heterocycles. The molecule has 0 N–H and O–H groups in total. The minimum Gasteiger partial charge on any atom is -0.184 e. The summed E-state index contributed by atoms with van der Waals surface area (Å²) < 4.78 is 4.67. The van der Waals surface area contributed by atoms with Crippen molar-refractivity contribution in [3.63, 3.8) is 0 Å². The topological polar surface area (TPSA) is 12.9 Å². The molecule has 0 radical (unpaired) electrons. The Labute approximate surface area is 60.0 Å². The molecule has 0 spiro atoms. The molecule has 0 aliphatic rings. The fraction of sp³-hybridized carbons (Fsp3) is 0. The van der Waals surface area contributed by atoms with Gasteiger partial charge in [-0.15, -0.1) is 6.42 Å². The molecule has 0 amide bonds. The summed E-state index contributed by atoms with van der Waals surface area (Å²) in [5.41, 5.74) is 0.829. The van der Waals surface area contributed by atoms with E-state index in [4.69, 9.17) is 6.42 Å². The number of hydrogen-bond acceptors (Lipinski definition) is 2. The molecule has 40 valence electrons. The SMILES string of the molecule is C#Cc1csnc1Br. The number of hydrogen-bond donors (Lipinski definition) is 0. The molecule has 0 fully saturated rings. The molecular formula is C5H2BrNS. The van der Waals surface area contributed by atoms with Gasteiger partial charge in [-0.25, -0.2) is 0 Å². The molecule has 0 bridgehead atoms. The van der Waals surface area contributed by atoms with Gasteiger partial charge < -0.3 is 0 Å². The van der Waals surface area contributed by atoms with E-state index in [9.17, 15) is 0 Å². The van der Waals surface area contributed by atoms with Gasteiger partial charge in [0.05, 0.1) is 5.56 Å². The fourth-order valence-electron chi connectivity index (χ4n) is 0.317. The summed E-state index contributed by atoms with van der Waals surface area (Å²) in [6, 6.07) is 0. The normalized spacial score (nSPS) is 8.50. The lowest BCUT2D eigenvalue weighted by atomic mass is 10.4. The van der Waals surface area contributed by atoms with Crippen molar-refractivity contribution in [3.8, 4) is 12.3 Å². The summed E-state index contributed by atoms with van der Waals surface area (Å²) >= 11 is 4.53. The maximum atomic E-state index is 5.08. The van der Waals surface area contributed by atoms with E-state index < -0.39 is 0 Å². The van der Waals surface area contributed by atoms with Crippen molar-refractivity contribution in [2.24, 2.45) is 0 Å². The Hall–Kier alpha value is -0.330. The van der Waals surface area contributed by atoms with Crippen LogP contribution in [-0.4, -0.2) is 4.37 Å². The van der Waals surface area contributed by atoms with Gasteiger partial charge in [0.2, 0.25) is 0 Å². The third-order valence-electron chi connectivity index (χ3n) is 0.681. The van der Waals surface area contributed by atoms with Gasteiger partial charge in [0, 0.05) is 5.38 Å². The molecule has 1 nitrogen and oxygen atoms in total. The molecule has 0 aliphatic carbocycles. The van der Waals surface area contributed by atoms with Crippen LogP contribution >= 0.6 is 27.5 Å². The zero-order valence-electron chi connectivity index (χ0n) is 3.89. The molecule has 1 aromatic rings. The van der Waals surface area contributed by atoms with Gasteiger partial charge in [-0.1, -0.05) is 5.92 Å². The van der Waals surface area contributed by atoms with Crippen LogP contribution in [0.3, 0.4) is 0 Å². The van der Waals surface area contributed by atoms with E-state index in [2.05, 4.69) is 26.2 Å². The van der Waals surface area contributed by atoms with Crippen LogP contribution in [-0.2, 0) is 0 Å². The summed E-state index contributed by atoms with van der Waals surface area (Å²) in [5, 5.41) is 1.82. The highest BCUT2D eigenvalue weighted by Crippen LogP contribution is 2.14. The molecule has 0 unspecified atom stereocenters. The van der Waals surface area contributed by atoms with Crippen LogP contribution in [0.5, 0.6) is 0 Å². The predicted octanol–water partition coefficient (Wildman–Crippen LogP) is 1.89. The monoisotopic (exact) mass is 187 g/mol. The Bertz CT molecular complexity index is 223. The lowest BCUT2D eigenvalue weighted by Crippen LogP contribution is -1.64. The highest BCUT2D eigenvalue weighted by Gasteiger charge is 1.94. The minimum absolute atomic E-state index is 0.769. The summed E-state index contributed by atoms with van der Waals surface area (Å²) in [4.78, 5) is 0. The fourth-order valence-corrected chi connectivity index (χ4v) is 1.48. The van der Waals surface area contributed by atoms with E-state index in [0.717, 1.165) is 10.2 Å². The van der Waals surface area contributed by atoms with Crippen molar-refractivity contribution in [2.75, 3.05) is 0 Å². The zero-order chi connectivity index (χ0) is 5.98. The molecule has 8 heavy (non-hydrogen) atoms. The van der Waals surface area contributed by atoms with Crippen LogP contribution < -0.4 is 0 Å². The summed E-state index contributed by atoms with van der Waals surface area (Å²) in [6.45, 7) is 0. The summed E-state index contributed by atoms with van der Waals surface area (Å²) in [6.07, 6.45) is 5.08. The van der Waals surface area contributed by atoms with E-state index in [1.807, 2.05) is 5.38 Å². The van der Waals surface area contributed by atoms with Crippen molar-refractivity contribution >= 4 is 27.5 Å².